The van der Waals surface area contributed by atoms with Gasteiger partial charge in [0.1, 0.15) is 18.2 Å². The highest BCUT2D eigenvalue weighted by molar-refractivity contribution is 6.02. The van der Waals surface area contributed by atoms with Crippen molar-refractivity contribution in [2.24, 2.45) is 4.99 Å². The Labute approximate surface area is 162 Å². The fourth-order valence-electron chi connectivity index (χ4n) is 3.71. The monoisotopic (exact) mass is 389 g/mol. The largest absolute Gasteiger partial charge is 0.491 e. The molecule has 4 nitrogen and oxygen atoms in total. The molecule has 2 heterocycles. The fraction of sp³-hybridized carbons (Fsp3) is 0.381. The van der Waals surface area contributed by atoms with Crippen molar-refractivity contribution in [3.63, 3.8) is 0 Å². The normalized spacial score (nSPS) is 19.6. The highest BCUT2D eigenvalue weighted by Crippen LogP contribution is 2.33. The Bertz CT molecular complexity index is 877. The third-order valence-electron chi connectivity index (χ3n) is 5.27. The number of amidine groups is 1. The smallest absolute Gasteiger partial charge is 0.416 e. The molecular formula is C21H22F3N3O. The van der Waals surface area contributed by atoms with Crippen molar-refractivity contribution in [2.45, 2.75) is 18.6 Å². The van der Waals surface area contributed by atoms with Gasteiger partial charge in [0.25, 0.3) is 0 Å². The Morgan fingerprint density at radius 2 is 1.86 bits per heavy atom. The first kappa shape index (κ1) is 18.8. The summed E-state index contributed by atoms with van der Waals surface area (Å²) in [5.74, 6) is 1.67. The van der Waals surface area contributed by atoms with E-state index in [2.05, 4.69) is 10.2 Å². The van der Waals surface area contributed by atoms with E-state index in [0.29, 0.717) is 19.2 Å². The molecule has 0 spiro atoms. The van der Waals surface area contributed by atoms with Crippen LogP contribution in [0.3, 0.4) is 0 Å². The summed E-state index contributed by atoms with van der Waals surface area (Å²) in [4.78, 5) is 6.99. The van der Waals surface area contributed by atoms with E-state index in [1.165, 1.54) is 12.1 Å². The minimum atomic E-state index is -4.33. The van der Waals surface area contributed by atoms with Gasteiger partial charge in [0.05, 0.1) is 17.7 Å². The zero-order valence-corrected chi connectivity index (χ0v) is 15.6. The fourth-order valence-corrected chi connectivity index (χ4v) is 3.71. The van der Waals surface area contributed by atoms with Crippen LogP contribution in [-0.2, 0) is 6.18 Å². The summed E-state index contributed by atoms with van der Waals surface area (Å²) in [6.45, 7) is 2.88. The lowest BCUT2D eigenvalue weighted by Gasteiger charge is -2.22. The van der Waals surface area contributed by atoms with E-state index in [9.17, 15) is 13.2 Å². The van der Waals surface area contributed by atoms with Gasteiger partial charge < -0.3 is 15.0 Å². The number of benzene rings is 2. The van der Waals surface area contributed by atoms with E-state index in [1.807, 2.05) is 25.2 Å². The Morgan fingerprint density at radius 1 is 1.11 bits per heavy atom. The molecule has 0 aromatic heterocycles. The second kappa shape index (κ2) is 7.47. The number of ether oxygens (including phenoxy) is 1. The standard InChI is InChI=1S/C21H22F3N3O/c1-25-17-8-10-27(13-17)20-18-12-15(4-7-19(18)28-11-9-26-20)14-2-5-16(6-3-14)21(22,23)24/h2-7,12,17,25H,8-11,13H2,1H3. The molecule has 1 saturated heterocycles. The van der Waals surface area contributed by atoms with Crippen LogP contribution in [0.5, 0.6) is 5.75 Å². The average Bonchev–Trinajstić information content (AvgIpc) is 3.07. The molecule has 0 saturated carbocycles. The Morgan fingerprint density at radius 3 is 2.54 bits per heavy atom. The molecule has 2 aliphatic rings. The Kier molecular flexibility index (Phi) is 5.02. The molecule has 1 unspecified atom stereocenters. The van der Waals surface area contributed by atoms with Gasteiger partial charge >= 0.3 is 6.18 Å². The molecule has 2 aromatic carbocycles. The SMILES string of the molecule is CNC1CCN(C2=NCCOc3ccc(-c4ccc(C(F)(F)F)cc4)cc32)C1. The van der Waals surface area contributed by atoms with E-state index in [0.717, 1.165) is 59.9 Å². The number of rotatable bonds is 2. The molecule has 0 aliphatic carbocycles. The third kappa shape index (κ3) is 3.71. The van der Waals surface area contributed by atoms with Gasteiger partial charge in [0.2, 0.25) is 0 Å². The van der Waals surface area contributed by atoms with Gasteiger partial charge in [-0.2, -0.15) is 13.2 Å². The van der Waals surface area contributed by atoms with Crippen molar-refractivity contribution in [3.8, 4) is 16.9 Å². The van der Waals surface area contributed by atoms with E-state index in [4.69, 9.17) is 9.73 Å². The maximum atomic E-state index is 12.8. The van der Waals surface area contributed by atoms with Crippen LogP contribution in [-0.4, -0.2) is 50.1 Å². The molecule has 7 heteroatoms. The molecule has 2 aromatic rings. The summed E-state index contributed by atoms with van der Waals surface area (Å²) in [6.07, 6.45) is -3.29. The molecule has 148 valence electrons. The Balaban J connectivity index is 1.68. The molecule has 0 amide bonds. The number of hydrogen-bond donors (Lipinski definition) is 1. The summed E-state index contributed by atoms with van der Waals surface area (Å²) < 4.78 is 44.3. The van der Waals surface area contributed by atoms with Crippen LogP contribution in [0.15, 0.2) is 47.5 Å². The van der Waals surface area contributed by atoms with Crippen molar-refractivity contribution in [1.29, 1.82) is 0 Å². The second-order valence-electron chi connectivity index (χ2n) is 7.06. The molecule has 1 atom stereocenters. The van der Waals surface area contributed by atoms with Gasteiger partial charge in [-0.15, -0.1) is 0 Å². The molecule has 4 rings (SSSR count). The van der Waals surface area contributed by atoms with Crippen molar-refractivity contribution in [2.75, 3.05) is 33.3 Å². The highest BCUT2D eigenvalue weighted by atomic mass is 19.4. The first-order valence-corrected chi connectivity index (χ1v) is 9.37. The quantitative estimate of drug-likeness (QED) is 0.849. The first-order valence-electron chi connectivity index (χ1n) is 9.37. The summed E-state index contributed by atoms with van der Waals surface area (Å²) in [5, 5.41) is 3.31. The number of nitrogens with one attached hydrogen (secondary N) is 1. The number of halogens is 3. The van der Waals surface area contributed by atoms with Crippen molar-refractivity contribution in [3.05, 3.63) is 53.6 Å². The number of aliphatic imine (C=N–C) groups is 1. The number of alkyl halides is 3. The zero-order valence-electron chi connectivity index (χ0n) is 15.6. The maximum Gasteiger partial charge on any atom is 0.416 e. The molecule has 1 fully saturated rings. The predicted molar refractivity (Wildman–Crippen MR) is 103 cm³/mol. The average molecular weight is 389 g/mol. The van der Waals surface area contributed by atoms with Crippen LogP contribution in [0.1, 0.15) is 17.5 Å². The van der Waals surface area contributed by atoms with Crippen LogP contribution in [0.4, 0.5) is 13.2 Å². The Hall–Kier alpha value is -2.54. The summed E-state index contributed by atoms with van der Waals surface area (Å²) in [7, 11) is 1.96. The van der Waals surface area contributed by atoms with E-state index >= 15 is 0 Å². The summed E-state index contributed by atoms with van der Waals surface area (Å²) in [6, 6.07) is 11.4. The molecule has 28 heavy (non-hydrogen) atoms. The number of likely N-dealkylation sites (tertiary alicyclic amines) is 1. The van der Waals surface area contributed by atoms with E-state index < -0.39 is 11.7 Å². The lowest BCUT2D eigenvalue weighted by atomic mass is 10.00. The van der Waals surface area contributed by atoms with Crippen molar-refractivity contribution in [1.82, 2.24) is 10.2 Å². The van der Waals surface area contributed by atoms with Gasteiger partial charge in [-0.25, -0.2) is 0 Å². The van der Waals surface area contributed by atoms with Gasteiger partial charge in [0, 0.05) is 19.1 Å². The molecule has 1 N–H and O–H groups in total. The summed E-state index contributed by atoms with van der Waals surface area (Å²) in [5.41, 5.74) is 1.82. The van der Waals surface area contributed by atoms with Crippen LogP contribution in [0.2, 0.25) is 0 Å². The third-order valence-corrected chi connectivity index (χ3v) is 5.27. The summed E-state index contributed by atoms with van der Waals surface area (Å²) >= 11 is 0. The number of likely N-dealkylation sites (N-methyl/N-ethyl adjacent to an activating group) is 1. The highest BCUT2D eigenvalue weighted by Gasteiger charge is 2.30. The van der Waals surface area contributed by atoms with Crippen molar-refractivity contribution < 1.29 is 17.9 Å². The zero-order chi connectivity index (χ0) is 19.7. The van der Waals surface area contributed by atoms with E-state index in [-0.39, 0.29) is 0 Å². The molecule has 0 bridgehead atoms. The topological polar surface area (TPSA) is 36.9 Å². The van der Waals surface area contributed by atoms with Crippen LogP contribution < -0.4 is 10.1 Å². The minimum absolute atomic E-state index is 0.424. The second-order valence-corrected chi connectivity index (χ2v) is 7.06. The van der Waals surface area contributed by atoms with Crippen LogP contribution in [0, 0.1) is 0 Å². The molecule has 2 aliphatic heterocycles. The van der Waals surface area contributed by atoms with Crippen LogP contribution >= 0.6 is 0 Å². The van der Waals surface area contributed by atoms with Gasteiger partial charge in [-0.3, -0.25) is 4.99 Å². The van der Waals surface area contributed by atoms with Gasteiger partial charge in [-0.1, -0.05) is 18.2 Å². The lowest BCUT2D eigenvalue weighted by Crippen LogP contribution is -2.34. The molecule has 0 radical (unpaired) electrons. The van der Waals surface area contributed by atoms with Crippen molar-refractivity contribution >= 4 is 5.84 Å². The minimum Gasteiger partial charge on any atom is -0.491 e. The van der Waals surface area contributed by atoms with Gasteiger partial charge in [-0.05, 0) is 48.9 Å². The predicted octanol–water partition coefficient (Wildman–Crippen LogP) is 3.81. The lowest BCUT2D eigenvalue weighted by molar-refractivity contribution is -0.137. The molecular weight excluding hydrogens is 367 g/mol. The number of hydrogen-bond acceptors (Lipinski definition) is 4. The van der Waals surface area contributed by atoms with E-state index in [1.54, 1.807) is 0 Å². The maximum absolute atomic E-state index is 12.8. The van der Waals surface area contributed by atoms with Crippen LogP contribution in [0.25, 0.3) is 11.1 Å². The van der Waals surface area contributed by atoms with Gasteiger partial charge in [0.15, 0.2) is 0 Å². The number of fused-ring (bicyclic) bond motifs is 1. The first-order chi connectivity index (χ1) is 13.5. The number of nitrogens with zero attached hydrogens (tertiary/aromatic N) is 2.